The highest BCUT2D eigenvalue weighted by atomic mass is 16.7. The molecular formula is C30H26O10. The van der Waals surface area contributed by atoms with Crippen molar-refractivity contribution < 1.29 is 47.6 Å². The summed E-state index contributed by atoms with van der Waals surface area (Å²) in [6.45, 7) is 1.06. The molecule has 10 nitrogen and oxygen atoms in total. The normalized spacial score (nSPS) is 18.2. The first-order valence-corrected chi connectivity index (χ1v) is 12.2. The van der Waals surface area contributed by atoms with E-state index < -0.39 is 53.9 Å². The summed E-state index contributed by atoms with van der Waals surface area (Å²) in [5, 5.41) is 0. The lowest BCUT2D eigenvalue weighted by atomic mass is 10.1. The molecule has 40 heavy (non-hydrogen) atoms. The molecule has 0 aliphatic carbocycles. The van der Waals surface area contributed by atoms with Crippen LogP contribution in [0.25, 0.3) is 0 Å². The largest absolute Gasteiger partial charge is 0.463 e. The molecule has 0 fully saturated rings. The monoisotopic (exact) mass is 546 g/mol. The zero-order valence-corrected chi connectivity index (χ0v) is 21.7. The van der Waals surface area contributed by atoms with Crippen molar-refractivity contribution in [2.24, 2.45) is 0 Å². The molecule has 0 spiro atoms. The molecule has 206 valence electrons. The minimum atomic E-state index is -1.63. The highest BCUT2D eigenvalue weighted by Gasteiger charge is 2.50. The second kappa shape index (κ2) is 13.2. The molecule has 0 amide bonds. The third-order valence-electron chi connectivity index (χ3n) is 5.66. The molecule has 1 heterocycles. The SMILES string of the molecule is COC(=O)C1=C(OC(C)=O)[C@H](OC(=O)c2ccccc2)[C@@H](OC(=O)c2ccccc2)[C@H](OCc2ccccc2)O1. The first-order chi connectivity index (χ1) is 19.4. The van der Waals surface area contributed by atoms with Crippen LogP contribution in [0.15, 0.2) is 103 Å². The van der Waals surface area contributed by atoms with Crippen LogP contribution in [0.2, 0.25) is 0 Å². The van der Waals surface area contributed by atoms with Gasteiger partial charge in [-0.1, -0.05) is 66.7 Å². The fourth-order valence-electron chi connectivity index (χ4n) is 3.81. The number of hydrogen-bond donors (Lipinski definition) is 0. The van der Waals surface area contributed by atoms with Crippen LogP contribution in [0.5, 0.6) is 0 Å². The van der Waals surface area contributed by atoms with Crippen LogP contribution in [0.4, 0.5) is 0 Å². The van der Waals surface area contributed by atoms with Crippen molar-refractivity contribution in [2.75, 3.05) is 7.11 Å². The molecule has 0 bridgehead atoms. The van der Waals surface area contributed by atoms with Crippen LogP contribution in [0.1, 0.15) is 33.2 Å². The lowest BCUT2D eigenvalue weighted by molar-refractivity contribution is -0.223. The Labute approximate surface area is 230 Å². The zero-order valence-electron chi connectivity index (χ0n) is 21.7. The third-order valence-corrected chi connectivity index (χ3v) is 5.66. The van der Waals surface area contributed by atoms with Crippen LogP contribution in [-0.2, 0) is 44.6 Å². The number of methoxy groups -OCH3 is 1. The lowest BCUT2D eigenvalue weighted by Crippen LogP contribution is -2.51. The Kier molecular flexibility index (Phi) is 9.27. The topological polar surface area (TPSA) is 124 Å². The van der Waals surface area contributed by atoms with Crippen LogP contribution in [0.3, 0.4) is 0 Å². The van der Waals surface area contributed by atoms with Crippen LogP contribution < -0.4 is 0 Å². The van der Waals surface area contributed by atoms with Gasteiger partial charge in [-0.2, -0.15) is 0 Å². The average molecular weight is 547 g/mol. The molecule has 3 atom stereocenters. The minimum absolute atomic E-state index is 0.0262. The van der Waals surface area contributed by atoms with E-state index in [1.54, 1.807) is 60.7 Å². The molecule has 0 unspecified atom stereocenters. The molecule has 0 saturated carbocycles. The first kappa shape index (κ1) is 28.1. The van der Waals surface area contributed by atoms with Gasteiger partial charge in [0.2, 0.25) is 24.3 Å². The number of benzene rings is 3. The molecule has 1 aliphatic rings. The fourth-order valence-corrected chi connectivity index (χ4v) is 3.81. The quantitative estimate of drug-likeness (QED) is 0.288. The minimum Gasteiger partial charge on any atom is -0.463 e. The highest BCUT2D eigenvalue weighted by Crippen LogP contribution is 2.33. The smallest absolute Gasteiger partial charge is 0.377 e. The van der Waals surface area contributed by atoms with Crippen molar-refractivity contribution in [1.82, 2.24) is 0 Å². The third kappa shape index (κ3) is 6.91. The van der Waals surface area contributed by atoms with E-state index in [0.717, 1.165) is 19.6 Å². The molecule has 0 saturated heterocycles. The van der Waals surface area contributed by atoms with Gasteiger partial charge in [-0.3, -0.25) is 4.79 Å². The maximum atomic E-state index is 13.2. The molecule has 0 N–H and O–H groups in total. The van der Waals surface area contributed by atoms with Gasteiger partial charge in [0.25, 0.3) is 5.76 Å². The van der Waals surface area contributed by atoms with E-state index in [0.29, 0.717) is 0 Å². The lowest BCUT2D eigenvalue weighted by Gasteiger charge is -2.37. The summed E-state index contributed by atoms with van der Waals surface area (Å²) in [6, 6.07) is 25.1. The molecule has 1 aliphatic heterocycles. The predicted molar refractivity (Wildman–Crippen MR) is 138 cm³/mol. The Morgan fingerprint density at radius 2 is 1.25 bits per heavy atom. The maximum absolute atomic E-state index is 13.2. The van der Waals surface area contributed by atoms with Crippen molar-refractivity contribution in [1.29, 1.82) is 0 Å². The summed E-state index contributed by atoms with van der Waals surface area (Å²) in [4.78, 5) is 51.1. The van der Waals surface area contributed by atoms with Crippen molar-refractivity contribution in [3.05, 3.63) is 119 Å². The summed E-state index contributed by atoms with van der Waals surface area (Å²) in [5.41, 5.74) is 1.09. The Balaban J connectivity index is 1.78. The van der Waals surface area contributed by atoms with Crippen LogP contribution in [-0.4, -0.2) is 49.5 Å². The Morgan fingerprint density at radius 1 is 0.725 bits per heavy atom. The summed E-state index contributed by atoms with van der Waals surface area (Å²) >= 11 is 0. The molecule has 0 radical (unpaired) electrons. The van der Waals surface area contributed by atoms with E-state index in [2.05, 4.69) is 0 Å². The number of hydrogen-bond acceptors (Lipinski definition) is 10. The number of carbonyl (C=O) groups is 4. The van der Waals surface area contributed by atoms with Gasteiger partial charge < -0.3 is 28.4 Å². The Morgan fingerprint density at radius 3 is 1.77 bits per heavy atom. The second-order valence-corrected chi connectivity index (χ2v) is 8.49. The van der Waals surface area contributed by atoms with E-state index in [1.807, 2.05) is 6.07 Å². The van der Waals surface area contributed by atoms with Gasteiger partial charge in [0.05, 0.1) is 24.8 Å². The first-order valence-electron chi connectivity index (χ1n) is 12.2. The standard InChI is InChI=1S/C30H26O10/c1-19(31)37-23-24(38-27(32)21-14-8-4-9-15-21)26(39-28(33)22-16-10-5-11-17-22)30(40-25(23)29(34)35-2)36-18-20-12-6-3-7-13-20/h3-17,24,26,30H,18H2,1-2H3/t24-,26+,30+/m0/s1. The van der Waals surface area contributed by atoms with Crippen LogP contribution >= 0.6 is 0 Å². The number of carbonyl (C=O) groups excluding carboxylic acids is 4. The van der Waals surface area contributed by atoms with E-state index in [9.17, 15) is 19.2 Å². The van der Waals surface area contributed by atoms with Gasteiger partial charge in [0.15, 0.2) is 0 Å². The van der Waals surface area contributed by atoms with Crippen molar-refractivity contribution in [2.45, 2.75) is 32.0 Å². The van der Waals surface area contributed by atoms with E-state index in [-0.39, 0.29) is 17.7 Å². The van der Waals surface area contributed by atoms with Crippen LogP contribution in [0, 0.1) is 0 Å². The van der Waals surface area contributed by atoms with Crippen molar-refractivity contribution in [3.8, 4) is 0 Å². The van der Waals surface area contributed by atoms with E-state index in [1.165, 1.54) is 24.3 Å². The van der Waals surface area contributed by atoms with Gasteiger partial charge in [0.1, 0.15) is 0 Å². The van der Waals surface area contributed by atoms with Crippen molar-refractivity contribution >= 4 is 23.9 Å². The summed E-state index contributed by atoms with van der Waals surface area (Å²) in [7, 11) is 1.09. The summed E-state index contributed by atoms with van der Waals surface area (Å²) in [6.07, 6.45) is -4.62. The van der Waals surface area contributed by atoms with Gasteiger partial charge >= 0.3 is 23.9 Å². The molecular weight excluding hydrogens is 520 g/mol. The van der Waals surface area contributed by atoms with E-state index >= 15 is 0 Å². The number of ether oxygens (including phenoxy) is 6. The zero-order chi connectivity index (χ0) is 28.5. The highest BCUT2D eigenvalue weighted by molar-refractivity contribution is 5.91. The average Bonchev–Trinajstić information content (AvgIpc) is 2.98. The fraction of sp³-hybridized carbons (Fsp3) is 0.200. The molecule has 0 aromatic heterocycles. The molecule has 4 rings (SSSR count). The van der Waals surface area contributed by atoms with Gasteiger partial charge in [-0.05, 0) is 29.8 Å². The maximum Gasteiger partial charge on any atom is 0.377 e. The van der Waals surface area contributed by atoms with Gasteiger partial charge in [-0.15, -0.1) is 0 Å². The Bertz CT molecular complexity index is 1370. The molecule has 3 aromatic rings. The molecule has 3 aromatic carbocycles. The molecule has 10 heteroatoms. The van der Waals surface area contributed by atoms with Crippen molar-refractivity contribution in [3.63, 3.8) is 0 Å². The second-order valence-electron chi connectivity index (χ2n) is 8.49. The summed E-state index contributed by atoms with van der Waals surface area (Å²) in [5.74, 6) is -4.60. The van der Waals surface area contributed by atoms with Gasteiger partial charge in [-0.25, -0.2) is 14.4 Å². The summed E-state index contributed by atoms with van der Waals surface area (Å²) < 4.78 is 33.3. The van der Waals surface area contributed by atoms with E-state index in [4.69, 9.17) is 28.4 Å². The Hall–Kier alpha value is -4.96. The van der Waals surface area contributed by atoms with Gasteiger partial charge in [0, 0.05) is 6.92 Å². The predicted octanol–water partition coefficient (Wildman–Crippen LogP) is 3.96. The number of esters is 4. The number of rotatable bonds is 9.